The van der Waals surface area contributed by atoms with E-state index in [1.165, 1.54) is 38.5 Å². The molecule has 17 heavy (non-hydrogen) atoms. The van der Waals surface area contributed by atoms with Crippen molar-refractivity contribution in [2.24, 2.45) is 5.92 Å². The van der Waals surface area contributed by atoms with Gasteiger partial charge in [-0.25, -0.2) is 0 Å². The summed E-state index contributed by atoms with van der Waals surface area (Å²) in [6, 6.07) is 0.377. The molecule has 2 N–H and O–H groups in total. The normalized spacial score (nSPS) is 28.1. The van der Waals surface area contributed by atoms with E-state index >= 15 is 0 Å². The standard InChI is InChI=1S/C14H26N2O/c17-14(16-13-9-6-10-15-11-13)12-7-4-2-1-3-5-8-12/h12-13,15H,1-11H2,(H,16,17)/t13-/m0/s1. The molecule has 0 radical (unpaired) electrons. The van der Waals surface area contributed by atoms with Crippen molar-refractivity contribution >= 4 is 5.91 Å². The molecule has 1 heterocycles. The van der Waals surface area contributed by atoms with Crippen LogP contribution in [-0.4, -0.2) is 25.0 Å². The zero-order valence-corrected chi connectivity index (χ0v) is 10.8. The number of nitrogens with one attached hydrogen (secondary N) is 2. The van der Waals surface area contributed by atoms with Gasteiger partial charge in [0.1, 0.15) is 0 Å². The predicted molar refractivity (Wildman–Crippen MR) is 69.8 cm³/mol. The Labute approximate surface area is 105 Å². The summed E-state index contributed by atoms with van der Waals surface area (Å²) in [6.07, 6.45) is 11.0. The first-order valence-electron chi connectivity index (χ1n) is 7.37. The van der Waals surface area contributed by atoms with Crippen molar-refractivity contribution in [3.05, 3.63) is 0 Å². The third-order valence-electron chi connectivity index (χ3n) is 4.12. The lowest BCUT2D eigenvalue weighted by Gasteiger charge is -2.27. The molecule has 1 amide bonds. The smallest absolute Gasteiger partial charge is 0.223 e. The van der Waals surface area contributed by atoms with Crippen LogP contribution in [0.15, 0.2) is 0 Å². The average molecular weight is 238 g/mol. The summed E-state index contributed by atoms with van der Waals surface area (Å²) in [5.41, 5.74) is 0. The molecule has 3 nitrogen and oxygen atoms in total. The van der Waals surface area contributed by atoms with Crippen LogP contribution in [0.2, 0.25) is 0 Å². The first kappa shape index (κ1) is 12.9. The minimum atomic E-state index is 0.289. The van der Waals surface area contributed by atoms with Gasteiger partial charge in [-0.2, -0.15) is 0 Å². The molecule has 1 saturated heterocycles. The minimum absolute atomic E-state index is 0.289. The molecule has 1 saturated carbocycles. The van der Waals surface area contributed by atoms with Crippen LogP contribution >= 0.6 is 0 Å². The first-order valence-corrected chi connectivity index (χ1v) is 7.37. The molecule has 0 aromatic rings. The molecule has 2 aliphatic rings. The van der Waals surface area contributed by atoms with E-state index in [9.17, 15) is 4.79 Å². The maximum Gasteiger partial charge on any atom is 0.223 e. The highest BCUT2D eigenvalue weighted by molar-refractivity contribution is 5.78. The number of hydrogen-bond acceptors (Lipinski definition) is 2. The van der Waals surface area contributed by atoms with Crippen LogP contribution in [0.4, 0.5) is 0 Å². The average Bonchev–Trinajstić information content (AvgIpc) is 2.29. The molecular weight excluding hydrogens is 212 g/mol. The molecule has 0 bridgehead atoms. The summed E-state index contributed by atoms with van der Waals surface area (Å²) in [7, 11) is 0. The largest absolute Gasteiger partial charge is 0.352 e. The van der Waals surface area contributed by atoms with Gasteiger partial charge < -0.3 is 10.6 Å². The second kappa shape index (κ2) is 7.00. The zero-order chi connectivity index (χ0) is 11.9. The molecule has 2 fully saturated rings. The molecule has 1 aliphatic carbocycles. The Morgan fingerprint density at radius 1 is 0.941 bits per heavy atom. The van der Waals surface area contributed by atoms with E-state index in [1.54, 1.807) is 0 Å². The summed E-state index contributed by atoms with van der Waals surface area (Å²) in [6.45, 7) is 2.06. The topological polar surface area (TPSA) is 41.1 Å². The highest BCUT2D eigenvalue weighted by Gasteiger charge is 2.22. The first-order chi connectivity index (χ1) is 8.36. The van der Waals surface area contributed by atoms with Crippen LogP contribution in [0.5, 0.6) is 0 Å². The molecule has 0 aromatic heterocycles. The van der Waals surface area contributed by atoms with Gasteiger partial charge in [-0.05, 0) is 32.2 Å². The van der Waals surface area contributed by atoms with Crippen LogP contribution in [0.25, 0.3) is 0 Å². The van der Waals surface area contributed by atoms with Crippen LogP contribution in [-0.2, 0) is 4.79 Å². The van der Waals surface area contributed by atoms with Crippen molar-refractivity contribution in [3.63, 3.8) is 0 Å². The number of rotatable bonds is 2. The summed E-state index contributed by atoms with van der Waals surface area (Å²) in [5.74, 6) is 0.609. The predicted octanol–water partition coefficient (Wildman–Crippen LogP) is 2.22. The molecule has 0 unspecified atom stereocenters. The summed E-state index contributed by atoms with van der Waals surface area (Å²) in [5, 5.41) is 6.59. The fraction of sp³-hybridized carbons (Fsp3) is 0.929. The lowest BCUT2D eigenvalue weighted by atomic mass is 9.90. The fourth-order valence-corrected chi connectivity index (χ4v) is 3.01. The Bertz CT molecular complexity index is 228. The van der Waals surface area contributed by atoms with E-state index in [0.717, 1.165) is 32.4 Å². The Balaban J connectivity index is 1.76. The Hall–Kier alpha value is -0.570. The third kappa shape index (κ3) is 4.30. The Kier molecular flexibility index (Phi) is 5.30. The van der Waals surface area contributed by atoms with Gasteiger partial charge >= 0.3 is 0 Å². The second-order valence-corrected chi connectivity index (χ2v) is 5.59. The molecular formula is C14H26N2O. The Morgan fingerprint density at radius 3 is 2.29 bits per heavy atom. The molecule has 0 aromatic carbocycles. The lowest BCUT2D eigenvalue weighted by Crippen LogP contribution is -2.47. The maximum absolute atomic E-state index is 12.2. The third-order valence-corrected chi connectivity index (χ3v) is 4.12. The highest BCUT2D eigenvalue weighted by atomic mass is 16.1. The van der Waals surface area contributed by atoms with E-state index in [-0.39, 0.29) is 5.92 Å². The number of carbonyl (C=O) groups is 1. The monoisotopic (exact) mass is 238 g/mol. The number of piperidine rings is 1. The van der Waals surface area contributed by atoms with Crippen LogP contribution in [0.1, 0.15) is 57.8 Å². The van der Waals surface area contributed by atoms with Crippen molar-refractivity contribution < 1.29 is 4.79 Å². The zero-order valence-electron chi connectivity index (χ0n) is 10.8. The van der Waals surface area contributed by atoms with Crippen LogP contribution in [0, 0.1) is 5.92 Å². The highest BCUT2D eigenvalue weighted by Crippen LogP contribution is 2.22. The summed E-state index contributed by atoms with van der Waals surface area (Å²) >= 11 is 0. The van der Waals surface area contributed by atoms with Crippen LogP contribution in [0.3, 0.4) is 0 Å². The van der Waals surface area contributed by atoms with E-state index < -0.39 is 0 Å². The minimum Gasteiger partial charge on any atom is -0.352 e. The van der Waals surface area contributed by atoms with E-state index in [2.05, 4.69) is 10.6 Å². The van der Waals surface area contributed by atoms with Crippen molar-refractivity contribution in [3.8, 4) is 0 Å². The van der Waals surface area contributed by atoms with E-state index in [4.69, 9.17) is 0 Å². The van der Waals surface area contributed by atoms with Crippen molar-refractivity contribution in [1.82, 2.24) is 10.6 Å². The van der Waals surface area contributed by atoms with Gasteiger partial charge in [0.25, 0.3) is 0 Å². The van der Waals surface area contributed by atoms with Gasteiger partial charge in [-0.15, -0.1) is 0 Å². The molecule has 98 valence electrons. The number of carbonyl (C=O) groups excluding carboxylic acids is 1. The SMILES string of the molecule is O=C(N[C@H]1CCCNC1)C1CCCCCCC1. The van der Waals surface area contributed by atoms with Crippen molar-refractivity contribution in [2.45, 2.75) is 63.8 Å². The van der Waals surface area contributed by atoms with Crippen molar-refractivity contribution in [1.29, 1.82) is 0 Å². The Morgan fingerprint density at radius 2 is 1.65 bits per heavy atom. The van der Waals surface area contributed by atoms with Crippen LogP contribution < -0.4 is 10.6 Å². The maximum atomic E-state index is 12.2. The lowest BCUT2D eigenvalue weighted by molar-refractivity contribution is -0.126. The van der Waals surface area contributed by atoms with Gasteiger partial charge in [-0.3, -0.25) is 4.79 Å². The summed E-state index contributed by atoms with van der Waals surface area (Å²) in [4.78, 5) is 12.2. The van der Waals surface area contributed by atoms with E-state index in [0.29, 0.717) is 11.9 Å². The van der Waals surface area contributed by atoms with Gasteiger partial charge in [0.05, 0.1) is 0 Å². The van der Waals surface area contributed by atoms with Gasteiger partial charge in [0.2, 0.25) is 5.91 Å². The van der Waals surface area contributed by atoms with Gasteiger partial charge in [0.15, 0.2) is 0 Å². The number of amides is 1. The number of hydrogen-bond donors (Lipinski definition) is 2. The molecule has 1 aliphatic heterocycles. The van der Waals surface area contributed by atoms with Gasteiger partial charge in [-0.1, -0.05) is 32.1 Å². The van der Waals surface area contributed by atoms with E-state index in [1.807, 2.05) is 0 Å². The molecule has 2 rings (SSSR count). The van der Waals surface area contributed by atoms with Crippen molar-refractivity contribution in [2.75, 3.05) is 13.1 Å². The fourth-order valence-electron chi connectivity index (χ4n) is 3.01. The summed E-state index contributed by atoms with van der Waals surface area (Å²) < 4.78 is 0. The quantitative estimate of drug-likeness (QED) is 0.774. The molecule has 1 atom stereocenters. The molecule has 3 heteroatoms. The van der Waals surface area contributed by atoms with Gasteiger partial charge in [0, 0.05) is 18.5 Å². The second-order valence-electron chi connectivity index (χ2n) is 5.59. The molecule has 0 spiro atoms.